The van der Waals surface area contributed by atoms with E-state index in [1.165, 1.54) is 4.90 Å². The first-order chi connectivity index (χ1) is 13.6. The standard InChI is InChI=1S/C21H25ClN4OS/c1-28-19-8-6-17(7-9-19)14-23-24-21(27)16-26-12-10-25(11-13-26)15-18-4-2-3-5-20(18)22/h2-9,14H,10-13,15-16H2,1H3,(H,24,27). The predicted octanol–water partition coefficient (Wildman–Crippen LogP) is 3.33. The van der Waals surface area contributed by atoms with E-state index >= 15 is 0 Å². The zero-order chi connectivity index (χ0) is 19.8. The Morgan fingerprint density at radius 1 is 1.11 bits per heavy atom. The number of carbonyl (C=O) groups is 1. The van der Waals surface area contributed by atoms with Gasteiger partial charge in [0, 0.05) is 42.6 Å². The van der Waals surface area contributed by atoms with E-state index in [0.29, 0.717) is 6.54 Å². The Bertz CT molecular complexity index is 804. The van der Waals surface area contributed by atoms with E-state index in [1.807, 2.05) is 48.7 Å². The van der Waals surface area contributed by atoms with Gasteiger partial charge in [-0.15, -0.1) is 11.8 Å². The van der Waals surface area contributed by atoms with Crippen LogP contribution < -0.4 is 5.43 Å². The number of halogens is 1. The molecule has 1 N–H and O–H groups in total. The first kappa shape index (κ1) is 20.9. The quantitative estimate of drug-likeness (QED) is 0.427. The molecular weight excluding hydrogens is 392 g/mol. The van der Waals surface area contributed by atoms with Crippen LogP contribution in [0.25, 0.3) is 0 Å². The molecular formula is C21H25ClN4OS. The van der Waals surface area contributed by atoms with Gasteiger partial charge in [-0.3, -0.25) is 14.6 Å². The monoisotopic (exact) mass is 416 g/mol. The molecule has 1 saturated heterocycles. The van der Waals surface area contributed by atoms with Crippen molar-refractivity contribution in [3.05, 3.63) is 64.7 Å². The summed E-state index contributed by atoms with van der Waals surface area (Å²) in [7, 11) is 0. The van der Waals surface area contributed by atoms with Crippen LogP contribution in [0, 0.1) is 0 Å². The zero-order valence-electron chi connectivity index (χ0n) is 16.0. The van der Waals surface area contributed by atoms with Gasteiger partial charge in [0.2, 0.25) is 0 Å². The SMILES string of the molecule is CSc1ccc(C=NNC(=O)CN2CCN(Cc3ccccc3Cl)CC2)cc1. The largest absolute Gasteiger partial charge is 0.296 e. The first-order valence-corrected chi connectivity index (χ1v) is 10.9. The van der Waals surface area contributed by atoms with Crippen LogP contribution >= 0.6 is 23.4 Å². The molecule has 1 amide bonds. The number of amides is 1. The molecule has 1 aliphatic rings. The minimum absolute atomic E-state index is 0.0865. The Labute approximate surface area is 175 Å². The van der Waals surface area contributed by atoms with Crippen molar-refractivity contribution in [1.82, 2.24) is 15.2 Å². The fourth-order valence-corrected chi connectivity index (χ4v) is 3.68. The summed E-state index contributed by atoms with van der Waals surface area (Å²) in [4.78, 5) is 17.8. The molecule has 1 aliphatic heterocycles. The van der Waals surface area contributed by atoms with Gasteiger partial charge in [-0.05, 0) is 35.6 Å². The van der Waals surface area contributed by atoms with Crippen LogP contribution in [0.4, 0.5) is 0 Å². The van der Waals surface area contributed by atoms with Crippen molar-refractivity contribution in [3.8, 4) is 0 Å². The summed E-state index contributed by atoms with van der Waals surface area (Å²) in [6.07, 6.45) is 3.71. The highest BCUT2D eigenvalue weighted by Gasteiger charge is 2.19. The van der Waals surface area contributed by atoms with Crippen LogP contribution in [0.15, 0.2) is 58.5 Å². The number of benzene rings is 2. The molecule has 0 bridgehead atoms. The fourth-order valence-electron chi connectivity index (χ4n) is 3.08. The number of nitrogens with one attached hydrogen (secondary N) is 1. The van der Waals surface area contributed by atoms with E-state index < -0.39 is 0 Å². The molecule has 0 radical (unpaired) electrons. The molecule has 0 saturated carbocycles. The maximum Gasteiger partial charge on any atom is 0.254 e. The molecule has 1 heterocycles. The van der Waals surface area contributed by atoms with Gasteiger partial charge in [0.05, 0.1) is 12.8 Å². The van der Waals surface area contributed by atoms with Gasteiger partial charge in [-0.2, -0.15) is 5.10 Å². The highest BCUT2D eigenvalue weighted by Crippen LogP contribution is 2.18. The fraction of sp³-hybridized carbons (Fsp3) is 0.333. The molecule has 7 heteroatoms. The van der Waals surface area contributed by atoms with Crippen molar-refractivity contribution in [1.29, 1.82) is 0 Å². The molecule has 28 heavy (non-hydrogen) atoms. The zero-order valence-corrected chi connectivity index (χ0v) is 17.5. The maximum absolute atomic E-state index is 12.1. The molecule has 2 aromatic rings. The lowest BCUT2D eigenvalue weighted by Gasteiger charge is -2.34. The molecule has 0 spiro atoms. The number of thioether (sulfide) groups is 1. The summed E-state index contributed by atoms with van der Waals surface area (Å²) in [5.74, 6) is -0.0865. The Morgan fingerprint density at radius 2 is 1.79 bits per heavy atom. The van der Waals surface area contributed by atoms with Gasteiger partial charge < -0.3 is 0 Å². The summed E-state index contributed by atoms with van der Waals surface area (Å²) in [6.45, 7) is 4.77. The average Bonchev–Trinajstić information content (AvgIpc) is 2.72. The van der Waals surface area contributed by atoms with Gasteiger partial charge in [0.15, 0.2) is 0 Å². The summed E-state index contributed by atoms with van der Waals surface area (Å²) in [5.41, 5.74) is 4.73. The number of rotatable bonds is 7. The Kier molecular flexibility index (Phi) is 7.91. The summed E-state index contributed by atoms with van der Waals surface area (Å²) in [6, 6.07) is 16.0. The molecule has 5 nitrogen and oxygen atoms in total. The van der Waals surface area contributed by atoms with E-state index in [2.05, 4.69) is 26.4 Å². The van der Waals surface area contributed by atoms with Crippen LogP contribution in [0.5, 0.6) is 0 Å². The van der Waals surface area contributed by atoms with E-state index in [1.54, 1.807) is 18.0 Å². The average molecular weight is 417 g/mol. The lowest BCUT2D eigenvalue weighted by molar-refractivity contribution is -0.122. The Morgan fingerprint density at radius 3 is 2.46 bits per heavy atom. The minimum Gasteiger partial charge on any atom is -0.296 e. The lowest BCUT2D eigenvalue weighted by atomic mass is 10.2. The van der Waals surface area contributed by atoms with Crippen molar-refractivity contribution in [3.63, 3.8) is 0 Å². The molecule has 2 aromatic carbocycles. The van der Waals surface area contributed by atoms with Crippen molar-refractivity contribution in [2.75, 3.05) is 39.0 Å². The lowest BCUT2D eigenvalue weighted by Crippen LogP contribution is -2.48. The molecule has 0 unspecified atom stereocenters. The molecule has 148 valence electrons. The number of piperazine rings is 1. The van der Waals surface area contributed by atoms with Crippen molar-refractivity contribution in [2.45, 2.75) is 11.4 Å². The van der Waals surface area contributed by atoms with Gasteiger partial charge in [0.1, 0.15) is 0 Å². The Hall–Kier alpha value is -1.86. The third-order valence-corrected chi connectivity index (χ3v) is 5.81. The molecule has 3 rings (SSSR count). The molecule has 0 atom stereocenters. The van der Waals surface area contributed by atoms with Gasteiger partial charge in [0.25, 0.3) is 5.91 Å². The molecule has 1 fully saturated rings. The second-order valence-electron chi connectivity index (χ2n) is 6.71. The van der Waals surface area contributed by atoms with E-state index in [0.717, 1.165) is 48.9 Å². The van der Waals surface area contributed by atoms with E-state index in [-0.39, 0.29) is 5.91 Å². The highest BCUT2D eigenvalue weighted by atomic mass is 35.5. The van der Waals surface area contributed by atoms with Crippen molar-refractivity contribution < 1.29 is 4.79 Å². The third kappa shape index (κ3) is 6.34. The third-order valence-electron chi connectivity index (χ3n) is 4.70. The van der Waals surface area contributed by atoms with Crippen LogP contribution in [-0.4, -0.2) is 60.9 Å². The smallest absolute Gasteiger partial charge is 0.254 e. The topological polar surface area (TPSA) is 47.9 Å². The summed E-state index contributed by atoms with van der Waals surface area (Å²) < 4.78 is 0. The van der Waals surface area contributed by atoms with Gasteiger partial charge in [-0.1, -0.05) is 41.9 Å². The number of hydrazone groups is 1. The van der Waals surface area contributed by atoms with Gasteiger partial charge in [-0.25, -0.2) is 5.43 Å². The summed E-state index contributed by atoms with van der Waals surface area (Å²) in [5, 5.41) is 4.87. The minimum atomic E-state index is -0.0865. The number of hydrogen-bond donors (Lipinski definition) is 1. The van der Waals surface area contributed by atoms with Crippen molar-refractivity contribution >= 4 is 35.5 Å². The normalized spacial score (nSPS) is 15.8. The van der Waals surface area contributed by atoms with Crippen LogP contribution in [-0.2, 0) is 11.3 Å². The van der Waals surface area contributed by atoms with Gasteiger partial charge >= 0.3 is 0 Å². The highest BCUT2D eigenvalue weighted by molar-refractivity contribution is 7.98. The number of hydrogen-bond acceptors (Lipinski definition) is 5. The molecule has 0 aliphatic carbocycles. The van der Waals surface area contributed by atoms with E-state index in [9.17, 15) is 4.79 Å². The van der Waals surface area contributed by atoms with Crippen LogP contribution in [0.2, 0.25) is 5.02 Å². The first-order valence-electron chi connectivity index (χ1n) is 9.28. The van der Waals surface area contributed by atoms with Crippen LogP contribution in [0.1, 0.15) is 11.1 Å². The summed E-state index contributed by atoms with van der Waals surface area (Å²) >= 11 is 7.94. The Balaban J connectivity index is 1.38. The van der Waals surface area contributed by atoms with E-state index in [4.69, 9.17) is 11.6 Å². The second-order valence-corrected chi connectivity index (χ2v) is 8.00. The predicted molar refractivity (Wildman–Crippen MR) is 117 cm³/mol. The molecule has 0 aromatic heterocycles. The number of nitrogens with zero attached hydrogens (tertiary/aromatic N) is 3. The maximum atomic E-state index is 12.1. The van der Waals surface area contributed by atoms with Crippen molar-refractivity contribution in [2.24, 2.45) is 5.10 Å². The van der Waals surface area contributed by atoms with Crippen LogP contribution in [0.3, 0.4) is 0 Å². The second kappa shape index (κ2) is 10.6. The number of carbonyl (C=O) groups excluding carboxylic acids is 1.